The number of aliphatic hydroxyl groups is 1. The fourth-order valence-electron chi connectivity index (χ4n) is 2.47. The van der Waals surface area contributed by atoms with Crippen LogP contribution in [0, 0.1) is 5.92 Å². The second-order valence-electron chi connectivity index (χ2n) is 5.11. The van der Waals surface area contributed by atoms with Crippen molar-refractivity contribution in [2.45, 2.75) is 19.0 Å². The number of amides is 1. The summed E-state index contributed by atoms with van der Waals surface area (Å²) in [7, 11) is 0. The summed E-state index contributed by atoms with van der Waals surface area (Å²) in [5.74, 6) is -0.197. The highest BCUT2D eigenvalue weighted by atomic mass is 79.9. The maximum Gasteiger partial charge on any atom is 0.416 e. The van der Waals surface area contributed by atoms with Crippen LogP contribution in [0.3, 0.4) is 0 Å². The average Bonchev–Trinajstić information content (AvgIpc) is 2.86. The Morgan fingerprint density at radius 1 is 1.43 bits per heavy atom. The molecule has 1 aromatic rings. The first kappa shape index (κ1) is 16.3. The number of aliphatic hydroxyl groups excluding tert-OH is 1. The molecule has 1 atom stereocenters. The second kappa shape index (κ2) is 6.36. The van der Waals surface area contributed by atoms with Crippen LogP contribution in [0.5, 0.6) is 0 Å². The molecule has 3 nitrogen and oxygen atoms in total. The molecule has 0 spiro atoms. The van der Waals surface area contributed by atoms with E-state index in [2.05, 4.69) is 15.9 Å². The van der Waals surface area contributed by atoms with Gasteiger partial charge < -0.3 is 10.0 Å². The highest BCUT2D eigenvalue weighted by Crippen LogP contribution is 2.33. The summed E-state index contributed by atoms with van der Waals surface area (Å²) in [5, 5.41) is 8.90. The molecule has 1 aromatic carbocycles. The molecule has 2 rings (SSSR count). The van der Waals surface area contributed by atoms with Gasteiger partial charge in [0.15, 0.2) is 0 Å². The van der Waals surface area contributed by atoms with Crippen LogP contribution in [0.25, 0.3) is 0 Å². The van der Waals surface area contributed by atoms with Crippen LogP contribution >= 0.6 is 15.9 Å². The van der Waals surface area contributed by atoms with Crippen molar-refractivity contribution in [1.29, 1.82) is 0 Å². The normalized spacial score (nSPS) is 19.1. The molecule has 1 saturated heterocycles. The number of likely N-dealkylation sites (tertiary alicyclic amines) is 1. The van der Waals surface area contributed by atoms with Crippen molar-refractivity contribution >= 4 is 21.8 Å². The molecule has 21 heavy (non-hydrogen) atoms. The van der Waals surface area contributed by atoms with Gasteiger partial charge in [-0.05, 0) is 52.9 Å². The summed E-state index contributed by atoms with van der Waals surface area (Å²) >= 11 is 3.14. The first-order chi connectivity index (χ1) is 9.82. The Morgan fingerprint density at radius 3 is 2.76 bits per heavy atom. The number of benzene rings is 1. The van der Waals surface area contributed by atoms with Crippen molar-refractivity contribution in [1.82, 2.24) is 4.90 Å². The second-order valence-corrected chi connectivity index (χ2v) is 5.96. The Labute approximate surface area is 128 Å². The SMILES string of the molecule is O=C(c1cc(C(F)(F)F)ccc1Br)N1CCC(CCO)C1. The van der Waals surface area contributed by atoms with E-state index in [0.29, 0.717) is 24.0 Å². The largest absolute Gasteiger partial charge is 0.416 e. The van der Waals surface area contributed by atoms with Crippen molar-refractivity contribution in [3.05, 3.63) is 33.8 Å². The van der Waals surface area contributed by atoms with E-state index in [1.165, 1.54) is 6.07 Å². The molecule has 0 aromatic heterocycles. The Morgan fingerprint density at radius 2 is 2.14 bits per heavy atom. The first-order valence-corrected chi connectivity index (χ1v) is 7.39. The Balaban J connectivity index is 2.20. The lowest BCUT2D eigenvalue weighted by Crippen LogP contribution is -2.29. The molecular formula is C14H15BrF3NO2. The lowest BCUT2D eigenvalue weighted by atomic mass is 10.1. The minimum Gasteiger partial charge on any atom is -0.396 e. The molecule has 1 amide bonds. The fourth-order valence-corrected chi connectivity index (χ4v) is 2.89. The first-order valence-electron chi connectivity index (χ1n) is 6.60. The van der Waals surface area contributed by atoms with E-state index < -0.39 is 17.6 Å². The molecule has 1 heterocycles. The van der Waals surface area contributed by atoms with Gasteiger partial charge in [0.2, 0.25) is 0 Å². The van der Waals surface area contributed by atoms with Crippen LogP contribution < -0.4 is 0 Å². The van der Waals surface area contributed by atoms with Gasteiger partial charge in [-0.25, -0.2) is 0 Å². The molecule has 116 valence electrons. The summed E-state index contributed by atoms with van der Waals surface area (Å²) in [6.07, 6.45) is -3.10. The molecule has 0 aliphatic carbocycles. The van der Waals surface area contributed by atoms with Gasteiger partial charge in [-0.3, -0.25) is 4.79 Å². The van der Waals surface area contributed by atoms with Gasteiger partial charge in [0.1, 0.15) is 0 Å². The summed E-state index contributed by atoms with van der Waals surface area (Å²) in [5.41, 5.74) is -0.811. The number of halogens is 4. The maximum atomic E-state index is 12.7. The van der Waals surface area contributed by atoms with Gasteiger partial charge in [0.25, 0.3) is 5.91 Å². The monoisotopic (exact) mass is 365 g/mol. The molecular weight excluding hydrogens is 351 g/mol. The molecule has 7 heteroatoms. The van der Waals surface area contributed by atoms with Gasteiger partial charge in [-0.15, -0.1) is 0 Å². The summed E-state index contributed by atoms with van der Waals surface area (Å²) in [6.45, 7) is 1.04. The van der Waals surface area contributed by atoms with Crippen molar-refractivity contribution in [2.24, 2.45) is 5.92 Å². The molecule has 0 radical (unpaired) electrons. The number of rotatable bonds is 3. The number of hydrogen-bond donors (Lipinski definition) is 1. The molecule has 0 bridgehead atoms. The standard InChI is InChI=1S/C14H15BrF3NO2/c15-12-2-1-10(14(16,17)18)7-11(12)13(21)19-5-3-9(8-19)4-6-20/h1-2,7,9,20H,3-6,8H2. The zero-order valence-electron chi connectivity index (χ0n) is 11.2. The molecule has 1 fully saturated rings. The molecule has 1 aliphatic heterocycles. The topological polar surface area (TPSA) is 40.5 Å². The van der Waals surface area contributed by atoms with Crippen LogP contribution in [0.1, 0.15) is 28.8 Å². The third kappa shape index (κ3) is 3.77. The van der Waals surface area contributed by atoms with Crippen LogP contribution in [-0.4, -0.2) is 35.6 Å². The Kier molecular flexibility index (Phi) is 4.93. The van der Waals surface area contributed by atoms with Gasteiger partial charge in [0, 0.05) is 24.2 Å². The van der Waals surface area contributed by atoms with Gasteiger partial charge >= 0.3 is 6.18 Å². The number of carbonyl (C=O) groups excluding carboxylic acids is 1. The molecule has 0 saturated carbocycles. The van der Waals surface area contributed by atoms with Crippen molar-refractivity contribution in [3.63, 3.8) is 0 Å². The van der Waals surface area contributed by atoms with E-state index in [1.807, 2.05) is 0 Å². The number of carbonyl (C=O) groups is 1. The van der Waals surface area contributed by atoms with Crippen LogP contribution in [0.2, 0.25) is 0 Å². The minimum absolute atomic E-state index is 0.0227. The Bertz CT molecular complexity index is 533. The van der Waals surface area contributed by atoms with Crippen LogP contribution in [0.4, 0.5) is 13.2 Å². The zero-order valence-corrected chi connectivity index (χ0v) is 12.7. The van der Waals surface area contributed by atoms with E-state index in [1.54, 1.807) is 4.90 Å². The third-order valence-electron chi connectivity index (χ3n) is 3.63. The van der Waals surface area contributed by atoms with E-state index in [0.717, 1.165) is 18.6 Å². The van der Waals surface area contributed by atoms with Crippen molar-refractivity contribution in [3.8, 4) is 0 Å². The summed E-state index contributed by atoms with van der Waals surface area (Å²) < 4.78 is 38.6. The van der Waals surface area contributed by atoms with E-state index in [-0.39, 0.29) is 18.1 Å². The smallest absolute Gasteiger partial charge is 0.396 e. The van der Waals surface area contributed by atoms with Gasteiger partial charge in [-0.2, -0.15) is 13.2 Å². The third-order valence-corrected chi connectivity index (χ3v) is 4.33. The quantitative estimate of drug-likeness (QED) is 0.892. The Hall–Kier alpha value is -1.08. The number of hydrogen-bond acceptors (Lipinski definition) is 2. The maximum absolute atomic E-state index is 12.7. The van der Waals surface area contributed by atoms with Crippen LogP contribution in [0.15, 0.2) is 22.7 Å². The van der Waals surface area contributed by atoms with E-state index >= 15 is 0 Å². The molecule has 1 N–H and O–H groups in total. The minimum atomic E-state index is -4.47. The van der Waals surface area contributed by atoms with Gasteiger partial charge in [0.05, 0.1) is 11.1 Å². The van der Waals surface area contributed by atoms with Gasteiger partial charge in [-0.1, -0.05) is 0 Å². The molecule has 1 aliphatic rings. The van der Waals surface area contributed by atoms with E-state index in [9.17, 15) is 18.0 Å². The van der Waals surface area contributed by atoms with Crippen LogP contribution in [-0.2, 0) is 6.18 Å². The highest BCUT2D eigenvalue weighted by molar-refractivity contribution is 9.10. The van der Waals surface area contributed by atoms with E-state index in [4.69, 9.17) is 5.11 Å². The predicted octanol–water partition coefficient (Wildman–Crippen LogP) is 3.31. The number of nitrogens with zero attached hydrogens (tertiary/aromatic N) is 1. The summed E-state index contributed by atoms with van der Waals surface area (Å²) in [6, 6.07) is 3.07. The zero-order chi connectivity index (χ0) is 15.6. The fraction of sp³-hybridized carbons (Fsp3) is 0.500. The summed E-state index contributed by atoms with van der Waals surface area (Å²) in [4.78, 5) is 13.9. The highest BCUT2D eigenvalue weighted by Gasteiger charge is 2.33. The number of alkyl halides is 3. The average molecular weight is 366 g/mol. The predicted molar refractivity (Wildman–Crippen MR) is 74.9 cm³/mol. The lowest BCUT2D eigenvalue weighted by Gasteiger charge is -2.18. The lowest BCUT2D eigenvalue weighted by molar-refractivity contribution is -0.137. The van der Waals surface area contributed by atoms with Crippen molar-refractivity contribution < 1.29 is 23.1 Å². The molecule has 1 unspecified atom stereocenters. The van der Waals surface area contributed by atoms with Crippen molar-refractivity contribution in [2.75, 3.05) is 19.7 Å².